The molecule has 1 unspecified atom stereocenters. The van der Waals surface area contributed by atoms with Gasteiger partial charge in [0.15, 0.2) is 0 Å². The molecule has 0 aliphatic heterocycles. The van der Waals surface area contributed by atoms with Crippen LogP contribution in [0.1, 0.15) is 29.9 Å². The molecule has 1 atom stereocenters. The van der Waals surface area contributed by atoms with Crippen molar-refractivity contribution >= 4 is 11.3 Å². The van der Waals surface area contributed by atoms with Crippen molar-refractivity contribution in [2.24, 2.45) is 0 Å². The molecule has 1 rings (SSSR count). The van der Waals surface area contributed by atoms with Gasteiger partial charge in [-0.25, -0.2) is 0 Å². The summed E-state index contributed by atoms with van der Waals surface area (Å²) in [5.74, 6) is 0. The molecule has 0 aromatic carbocycles. The van der Waals surface area contributed by atoms with Crippen molar-refractivity contribution in [2.45, 2.75) is 26.4 Å². The van der Waals surface area contributed by atoms with Gasteiger partial charge in [-0.05, 0) is 30.4 Å². The molecule has 3 heteroatoms. The number of ether oxygens (including phenoxy) is 1. The molecule has 0 saturated heterocycles. The van der Waals surface area contributed by atoms with Gasteiger partial charge in [-0.15, -0.1) is 11.3 Å². The maximum atomic E-state index is 9.64. The van der Waals surface area contributed by atoms with Crippen LogP contribution in [0.5, 0.6) is 0 Å². The third kappa shape index (κ3) is 3.46. The van der Waals surface area contributed by atoms with Gasteiger partial charge in [0.25, 0.3) is 0 Å². The number of rotatable bonds is 5. The molecule has 0 aliphatic rings. The van der Waals surface area contributed by atoms with Crippen molar-refractivity contribution in [3.05, 3.63) is 21.9 Å². The van der Waals surface area contributed by atoms with Crippen LogP contribution in [0, 0.1) is 6.92 Å². The van der Waals surface area contributed by atoms with Gasteiger partial charge in [0.1, 0.15) is 6.10 Å². The van der Waals surface area contributed by atoms with E-state index in [0.717, 1.165) is 18.6 Å². The highest BCUT2D eigenvalue weighted by atomic mass is 32.1. The number of aliphatic hydroxyl groups excluding tert-OH is 1. The van der Waals surface area contributed by atoms with Crippen LogP contribution in [0.2, 0.25) is 0 Å². The van der Waals surface area contributed by atoms with Gasteiger partial charge >= 0.3 is 0 Å². The second-order valence-corrected chi connectivity index (χ2v) is 4.20. The van der Waals surface area contributed by atoms with Crippen LogP contribution in [0.3, 0.4) is 0 Å². The highest BCUT2D eigenvalue weighted by Gasteiger charge is 2.08. The standard InChI is InChI=1S/C10H16O2S/c1-3-4-12-6-10(11)9-5-8(2)13-7-9/h5,7,10-11H,3-4,6H2,1-2H3. The summed E-state index contributed by atoms with van der Waals surface area (Å²) >= 11 is 1.66. The highest BCUT2D eigenvalue weighted by molar-refractivity contribution is 7.10. The Morgan fingerprint density at radius 2 is 2.38 bits per heavy atom. The van der Waals surface area contributed by atoms with E-state index in [1.165, 1.54) is 4.88 Å². The maximum Gasteiger partial charge on any atom is 0.103 e. The minimum atomic E-state index is -0.462. The molecule has 0 saturated carbocycles. The Morgan fingerprint density at radius 3 is 2.92 bits per heavy atom. The number of thiophene rings is 1. The summed E-state index contributed by atoms with van der Waals surface area (Å²) in [4.78, 5) is 1.23. The quantitative estimate of drug-likeness (QED) is 0.740. The van der Waals surface area contributed by atoms with E-state index in [0.29, 0.717) is 6.61 Å². The van der Waals surface area contributed by atoms with Crippen LogP contribution in [0.25, 0.3) is 0 Å². The molecule has 0 aliphatic carbocycles. The minimum Gasteiger partial charge on any atom is -0.386 e. The monoisotopic (exact) mass is 200 g/mol. The first-order chi connectivity index (χ1) is 6.24. The number of aryl methyl sites for hydroxylation is 1. The molecule has 1 aromatic rings. The van der Waals surface area contributed by atoms with Gasteiger partial charge in [0.05, 0.1) is 6.61 Å². The zero-order chi connectivity index (χ0) is 9.68. The summed E-state index contributed by atoms with van der Waals surface area (Å²) in [5.41, 5.74) is 0.971. The Morgan fingerprint density at radius 1 is 1.62 bits per heavy atom. The zero-order valence-electron chi connectivity index (χ0n) is 8.12. The molecule has 2 nitrogen and oxygen atoms in total. The first-order valence-corrected chi connectivity index (χ1v) is 5.43. The number of aliphatic hydroxyl groups is 1. The summed E-state index contributed by atoms with van der Waals surface area (Å²) in [6, 6.07) is 2.00. The van der Waals surface area contributed by atoms with E-state index in [-0.39, 0.29) is 0 Å². The van der Waals surface area contributed by atoms with Crippen molar-refractivity contribution in [1.82, 2.24) is 0 Å². The summed E-state index contributed by atoms with van der Waals surface area (Å²) in [6.07, 6.45) is 0.534. The maximum absolute atomic E-state index is 9.64. The summed E-state index contributed by atoms with van der Waals surface area (Å²) in [6.45, 7) is 5.22. The molecule has 0 amide bonds. The molecule has 0 bridgehead atoms. The van der Waals surface area contributed by atoms with Crippen molar-refractivity contribution in [3.63, 3.8) is 0 Å². The fraction of sp³-hybridized carbons (Fsp3) is 0.600. The van der Waals surface area contributed by atoms with E-state index >= 15 is 0 Å². The Bertz CT molecular complexity index is 245. The smallest absolute Gasteiger partial charge is 0.103 e. The van der Waals surface area contributed by atoms with Crippen LogP contribution >= 0.6 is 11.3 Å². The molecule has 13 heavy (non-hydrogen) atoms. The number of hydrogen-bond acceptors (Lipinski definition) is 3. The summed E-state index contributed by atoms with van der Waals surface area (Å²) in [5, 5.41) is 11.6. The first-order valence-electron chi connectivity index (χ1n) is 4.55. The van der Waals surface area contributed by atoms with Crippen molar-refractivity contribution < 1.29 is 9.84 Å². The van der Waals surface area contributed by atoms with Gasteiger partial charge in [-0.2, -0.15) is 0 Å². The Kier molecular flexibility index (Phi) is 4.42. The van der Waals surface area contributed by atoms with Crippen molar-refractivity contribution in [1.29, 1.82) is 0 Å². The van der Waals surface area contributed by atoms with E-state index in [1.54, 1.807) is 11.3 Å². The van der Waals surface area contributed by atoms with Gasteiger partial charge in [-0.3, -0.25) is 0 Å². The van der Waals surface area contributed by atoms with Crippen LogP contribution < -0.4 is 0 Å². The lowest BCUT2D eigenvalue weighted by Crippen LogP contribution is -2.06. The van der Waals surface area contributed by atoms with Crippen molar-refractivity contribution in [3.8, 4) is 0 Å². The molecule has 1 aromatic heterocycles. The third-order valence-electron chi connectivity index (χ3n) is 1.76. The average molecular weight is 200 g/mol. The minimum absolute atomic E-state index is 0.407. The lowest BCUT2D eigenvalue weighted by Gasteiger charge is -2.08. The van der Waals surface area contributed by atoms with Crippen LogP contribution in [-0.2, 0) is 4.74 Å². The van der Waals surface area contributed by atoms with Gasteiger partial charge in [0, 0.05) is 11.5 Å². The van der Waals surface area contributed by atoms with Crippen LogP contribution in [0.4, 0.5) is 0 Å². The van der Waals surface area contributed by atoms with E-state index in [9.17, 15) is 5.11 Å². The van der Waals surface area contributed by atoms with Gasteiger partial charge in [-0.1, -0.05) is 6.92 Å². The van der Waals surface area contributed by atoms with Crippen LogP contribution in [0.15, 0.2) is 11.4 Å². The zero-order valence-corrected chi connectivity index (χ0v) is 8.93. The topological polar surface area (TPSA) is 29.5 Å². The lowest BCUT2D eigenvalue weighted by molar-refractivity contribution is 0.0366. The van der Waals surface area contributed by atoms with E-state index < -0.39 is 6.10 Å². The first kappa shape index (κ1) is 10.7. The fourth-order valence-electron chi connectivity index (χ4n) is 1.07. The largest absolute Gasteiger partial charge is 0.386 e. The SMILES string of the molecule is CCCOCC(O)c1csc(C)c1. The average Bonchev–Trinajstić information content (AvgIpc) is 2.52. The Hall–Kier alpha value is -0.380. The van der Waals surface area contributed by atoms with Gasteiger partial charge in [0.2, 0.25) is 0 Å². The normalized spacial score (nSPS) is 13.2. The van der Waals surface area contributed by atoms with Gasteiger partial charge < -0.3 is 9.84 Å². The fourth-order valence-corrected chi connectivity index (χ4v) is 1.83. The van der Waals surface area contributed by atoms with E-state index in [1.807, 2.05) is 18.4 Å². The molecule has 0 fully saturated rings. The predicted molar refractivity (Wildman–Crippen MR) is 55.1 cm³/mol. The van der Waals surface area contributed by atoms with Crippen LogP contribution in [-0.4, -0.2) is 18.3 Å². The Labute approximate surface area is 83.2 Å². The molecule has 1 heterocycles. The third-order valence-corrected chi connectivity index (χ3v) is 2.64. The molecule has 74 valence electrons. The van der Waals surface area contributed by atoms with E-state index in [2.05, 4.69) is 6.92 Å². The van der Waals surface area contributed by atoms with E-state index in [4.69, 9.17) is 4.74 Å². The lowest BCUT2D eigenvalue weighted by atomic mass is 10.2. The number of hydrogen-bond donors (Lipinski definition) is 1. The second kappa shape index (κ2) is 5.37. The second-order valence-electron chi connectivity index (χ2n) is 3.08. The predicted octanol–water partition coefficient (Wildman–Crippen LogP) is 2.52. The molecule has 0 spiro atoms. The summed E-state index contributed by atoms with van der Waals surface area (Å²) < 4.78 is 5.26. The molecule has 1 N–H and O–H groups in total. The molecular weight excluding hydrogens is 184 g/mol. The summed E-state index contributed by atoms with van der Waals surface area (Å²) in [7, 11) is 0. The highest BCUT2D eigenvalue weighted by Crippen LogP contribution is 2.20. The molecule has 0 radical (unpaired) electrons. The Balaban J connectivity index is 2.35. The molecular formula is C10H16O2S. The van der Waals surface area contributed by atoms with Crippen molar-refractivity contribution in [2.75, 3.05) is 13.2 Å².